The Morgan fingerprint density at radius 1 is 1.00 bits per heavy atom. The summed E-state index contributed by atoms with van der Waals surface area (Å²) in [7, 11) is 2.98. The zero-order valence-corrected chi connectivity index (χ0v) is 19.2. The van der Waals surface area contributed by atoms with E-state index >= 15 is 0 Å². The largest absolute Gasteiger partial charge is 0.508 e. The molecule has 0 amide bonds. The van der Waals surface area contributed by atoms with Crippen LogP contribution in [0.15, 0.2) is 48.5 Å². The molecule has 0 aliphatic carbocycles. The Morgan fingerprint density at radius 2 is 1.74 bits per heavy atom. The van der Waals surface area contributed by atoms with E-state index in [1.807, 2.05) is 0 Å². The molecule has 2 N–H and O–H groups in total. The fourth-order valence-corrected chi connectivity index (χ4v) is 3.91. The zero-order valence-electron chi connectivity index (χ0n) is 19.2. The molecule has 0 saturated carbocycles. The van der Waals surface area contributed by atoms with E-state index in [1.165, 1.54) is 14.2 Å². The number of esters is 1. The molecule has 8 nitrogen and oxygen atoms in total. The second-order valence-corrected chi connectivity index (χ2v) is 7.65. The molecule has 0 fully saturated rings. The van der Waals surface area contributed by atoms with Gasteiger partial charge in [0.1, 0.15) is 24.2 Å². The number of benzene rings is 3. The topological polar surface area (TPSA) is 104 Å². The van der Waals surface area contributed by atoms with Crippen LogP contribution < -0.4 is 18.9 Å². The summed E-state index contributed by atoms with van der Waals surface area (Å²) in [6, 6.07) is 13.6. The minimum atomic E-state index is -0.483. The normalized spacial score (nSPS) is 14.4. The van der Waals surface area contributed by atoms with Gasteiger partial charge in [0.25, 0.3) is 0 Å². The van der Waals surface area contributed by atoms with E-state index in [2.05, 4.69) is 0 Å². The first kappa shape index (κ1) is 23.1. The Balaban J connectivity index is 1.73. The van der Waals surface area contributed by atoms with Crippen LogP contribution in [-0.4, -0.2) is 49.7 Å². The van der Waals surface area contributed by atoms with Gasteiger partial charge < -0.3 is 33.9 Å². The van der Waals surface area contributed by atoms with Crippen molar-refractivity contribution in [3.8, 4) is 56.8 Å². The highest BCUT2D eigenvalue weighted by molar-refractivity contribution is 5.88. The van der Waals surface area contributed by atoms with E-state index in [9.17, 15) is 15.0 Å². The van der Waals surface area contributed by atoms with Crippen LogP contribution in [0.3, 0.4) is 0 Å². The summed E-state index contributed by atoms with van der Waals surface area (Å²) in [4.78, 5) is 11.8. The number of rotatable bonds is 7. The Labute approximate surface area is 197 Å². The fourth-order valence-electron chi connectivity index (χ4n) is 3.91. The van der Waals surface area contributed by atoms with Gasteiger partial charge >= 0.3 is 5.97 Å². The minimum Gasteiger partial charge on any atom is -0.508 e. The van der Waals surface area contributed by atoms with Gasteiger partial charge in [0.05, 0.1) is 32.8 Å². The summed E-state index contributed by atoms with van der Waals surface area (Å²) in [5.74, 6) is 1.33. The van der Waals surface area contributed by atoms with Gasteiger partial charge in [-0.3, -0.25) is 4.79 Å². The molecule has 0 bridgehead atoms. The lowest BCUT2D eigenvalue weighted by molar-refractivity contribution is -0.145. The van der Waals surface area contributed by atoms with Crippen molar-refractivity contribution in [2.75, 3.05) is 27.4 Å². The molecule has 178 valence electrons. The lowest BCUT2D eigenvalue weighted by Crippen LogP contribution is -2.32. The van der Waals surface area contributed by atoms with Crippen molar-refractivity contribution in [3.63, 3.8) is 0 Å². The van der Waals surface area contributed by atoms with Crippen molar-refractivity contribution < 1.29 is 38.7 Å². The van der Waals surface area contributed by atoms with Gasteiger partial charge in [-0.2, -0.15) is 0 Å². The molecule has 0 spiro atoms. The Morgan fingerprint density at radius 3 is 2.41 bits per heavy atom. The number of ether oxygens (including phenoxy) is 5. The third-order valence-corrected chi connectivity index (χ3v) is 5.47. The van der Waals surface area contributed by atoms with Crippen molar-refractivity contribution >= 4 is 5.97 Å². The molecule has 1 unspecified atom stereocenters. The van der Waals surface area contributed by atoms with Crippen LogP contribution >= 0.6 is 0 Å². The van der Waals surface area contributed by atoms with Gasteiger partial charge in [0.15, 0.2) is 23.0 Å². The minimum absolute atomic E-state index is 0.0707. The van der Waals surface area contributed by atoms with Crippen molar-refractivity contribution in [1.29, 1.82) is 0 Å². The van der Waals surface area contributed by atoms with E-state index in [-0.39, 0.29) is 36.2 Å². The molecular weight excluding hydrogens is 440 g/mol. The van der Waals surface area contributed by atoms with Gasteiger partial charge in [-0.15, -0.1) is 0 Å². The molecule has 8 heteroatoms. The molecule has 0 radical (unpaired) electrons. The zero-order chi connectivity index (χ0) is 24.2. The molecule has 3 aromatic carbocycles. The van der Waals surface area contributed by atoms with E-state index in [0.29, 0.717) is 40.5 Å². The molecule has 1 heterocycles. The SMILES string of the molecule is CCOC(=O)CC1COc2ccc(-c3c(OC)cc(-c4ccc(O)cc4)c(OC)c3O)cc2O1. The van der Waals surface area contributed by atoms with Crippen molar-refractivity contribution in [2.45, 2.75) is 19.4 Å². The van der Waals surface area contributed by atoms with Crippen molar-refractivity contribution in [3.05, 3.63) is 48.5 Å². The summed E-state index contributed by atoms with van der Waals surface area (Å²) >= 11 is 0. The first-order valence-electron chi connectivity index (χ1n) is 10.8. The predicted molar refractivity (Wildman–Crippen MR) is 125 cm³/mol. The number of phenols is 2. The molecule has 1 aliphatic rings. The van der Waals surface area contributed by atoms with Crippen LogP contribution in [0.4, 0.5) is 0 Å². The summed E-state index contributed by atoms with van der Waals surface area (Å²) < 4.78 is 27.9. The number of fused-ring (bicyclic) bond motifs is 1. The number of phenolic OH excluding ortho intramolecular Hbond substituents is 2. The first-order valence-corrected chi connectivity index (χ1v) is 10.8. The van der Waals surface area contributed by atoms with Crippen molar-refractivity contribution in [2.24, 2.45) is 0 Å². The molecule has 0 aromatic heterocycles. The van der Waals surface area contributed by atoms with E-state index in [0.717, 1.165) is 5.56 Å². The second kappa shape index (κ2) is 9.82. The average Bonchev–Trinajstić information content (AvgIpc) is 2.83. The van der Waals surface area contributed by atoms with Crippen LogP contribution in [0.5, 0.6) is 34.5 Å². The standard InChI is InChI=1S/C26H26O8/c1-4-32-23(28)12-18-14-33-20-10-7-16(11-21(20)34-18)24-22(30-2)13-19(26(31-3)25(24)29)15-5-8-17(27)9-6-15/h5-11,13,18,27,29H,4,12,14H2,1-3H3. The van der Waals surface area contributed by atoms with E-state index in [4.69, 9.17) is 23.7 Å². The lowest BCUT2D eigenvalue weighted by Gasteiger charge is -2.26. The van der Waals surface area contributed by atoms with Crippen LogP contribution in [0.25, 0.3) is 22.3 Å². The van der Waals surface area contributed by atoms with Crippen LogP contribution in [-0.2, 0) is 9.53 Å². The number of hydrogen-bond donors (Lipinski definition) is 2. The number of carbonyl (C=O) groups is 1. The maximum atomic E-state index is 11.8. The fraction of sp³-hybridized carbons (Fsp3) is 0.269. The molecule has 0 saturated heterocycles. The molecular formula is C26H26O8. The monoisotopic (exact) mass is 466 g/mol. The highest BCUT2D eigenvalue weighted by Crippen LogP contribution is 2.50. The van der Waals surface area contributed by atoms with Crippen LogP contribution in [0, 0.1) is 0 Å². The van der Waals surface area contributed by atoms with Crippen LogP contribution in [0.1, 0.15) is 13.3 Å². The predicted octanol–water partition coefficient (Wildman–Crippen LogP) is 4.54. The third kappa shape index (κ3) is 4.52. The van der Waals surface area contributed by atoms with Gasteiger partial charge in [-0.25, -0.2) is 0 Å². The summed E-state index contributed by atoms with van der Waals surface area (Å²) in [5.41, 5.74) is 2.37. The Bertz CT molecular complexity index is 1190. The molecule has 1 aliphatic heterocycles. The number of methoxy groups -OCH3 is 2. The molecule has 1 atom stereocenters. The lowest BCUT2D eigenvalue weighted by atomic mass is 9.96. The first-order chi connectivity index (χ1) is 16.4. The second-order valence-electron chi connectivity index (χ2n) is 7.65. The third-order valence-electron chi connectivity index (χ3n) is 5.47. The summed E-state index contributed by atoms with van der Waals surface area (Å²) in [6.45, 7) is 2.28. The number of carbonyl (C=O) groups excluding carboxylic acids is 1. The Hall–Kier alpha value is -4.07. The van der Waals surface area contributed by atoms with E-state index < -0.39 is 6.10 Å². The number of hydrogen-bond acceptors (Lipinski definition) is 8. The molecule has 3 aromatic rings. The van der Waals surface area contributed by atoms with E-state index in [1.54, 1.807) is 55.5 Å². The number of aromatic hydroxyl groups is 2. The maximum absolute atomic E-state index is 11.8. The molecule has 34 heavy (non-hydrogen) atoms. The van der Waals surface area contributed by atoms with Crippen molar-refractivity contribution in [1.82, 2.24) is 0 Å². The average molecular weight is 466 g/mol. The summed E-state index contributed by atoms with van der Waals surface area (Å²) in [6.07, 6.45) is -0.412. The smallest absolute Gasteiger partial charge is 0.309 e. The maximum Gasteiger partial charge on any atom is 0.309 e. The highest BCUT2D eigenvalue weighted by atomic mass is 16.6. The van der Waals surface area contributed by atoms with Gasteiger partial charge in [0.2, 0.25) is 0 Å². The highest BCUT2D eigenvalue weighted by Gasteiger charge is 2.27. The van der Waals surface area contributed by atoms with Crippen LogP contribution in [0.2, 0.25) is 0 Å². The quantitative estimate of drug-likeness (QED) is 0.489. The Kier molecular flexibility index (Phi) is 6.67. The van der Waals surface area contributed by atoms with Gasteiger partial charge in [-0.1, -0.05) is 18.2 Å². The van der Waals surface area contributed by atoms with Gasteiger partial charge in [0, 0.05) is 5.56 Å². The molecule has 4 rings (SSSR count). The summed E-state index contributed by atoms with van der Waals surface area (Å²) in [5, 5.41) is 20.8. The van der Waals surface area contributed by atoms with Gasteiger partial charge in [-0.05, 0) is 48.4 Å².